The SMILES string of the molecule is Cc1c[nH]c2ncc(-c3cccnc3NC3CCCNC3)nc12. The molecule has 1 fully saturated rings. The molecule has 3 aromatic heterocycles. The highest BCUT2D eigenvalue weighted by Gasteiger charge is 2.16. The van der Waals surface area contributed by atoms with Crippen LogP contribution in [0.5, 0.6) is 0 Å². The first-order valence-corrected chi connectivity index (χ1v) is 8.04. The van der Waals surface area contributed by atoms with Crippen LogP contribution in [0, 0.1) is 6.92 Å². The summed E-state index contributed by atoms with van der Waals surface area (Å²) < 4.78 is 0. The van der Waals surface area contributed by atoms with Crippen molar-refractivity contribution in [3.05, 3.63) is 36.3 Å². The van der Waals surface area contributed by atoms with Crippen LogP contribution in [-0.4, -0.2) is 39.1 Å². The number of pyridine rings is 1. The lowest BCUT2D eigenvalue weighted by atomic mass is 10.1. The van der Waals surface area contributed by atoms with Gasteiger partial charge >= 0.3 is 0 Å². The van der Waals surface area contributed by atoms with Crippen LogP contribution in [-0.2, 0) is 0 Å². The number of aromatic nitrogens is 4. The first kappa shape index (κ1) is 14.1. The molecule has 0 bridgehead atoms. The van der Waals surface area contributed by atoms with Crippen molar-refractivity contribution in [3.8, 4) is 11.3 Å². The highest BCUT2D eigenvalue weighted by Crippen LogP contribution is 2.26. The smallest absolute Gasteiger partial charge is 0.156 e. The molecule has 0 saturated carbocycles. The van der Waals surface area contributed by atoms with Gasteiger partial charge in [-0.2, -0.15) is 0 Å². The lowest BCUT2D eigenvalue weighted by Crippen LogP contribution is -2.38. The van der Waals surface area contributed by atoms with Crippen molar-refractivity contribution in [3.63, 3.8) is 0 Å². The minimum Gasteiger partial charge on any atom is -0.366 e. The molecule has 3 aromatic rings. The van der Waals surface area contributed by atoms with E-state index in [-0.39, 0.29) is 0 Å². The van der Waals surface area contributed by atoms with Crippen molar-refractivity contribution in [1.29, 1.82) is 0 Å². The van der Waals surface area contributed by atoms with Gasteiger partial charge in [0.1, 0.15) is 11.3 Å². The summed E-state index contributed by atoms with van der Waals surface area (Å²) >= 11 is 0. The second-order valence-electron chi connectivity index (χ2n) is 6.01. The van der Waals surface area contributed by atoms with E-state index in [1.54, 1.807) is 6.20 Å². The molecule has 4 heterocycles. The third-order valence-corrected chi connectivity index (χ3v) is 4.29. The molecule has 118 valence electrons. The van der Waals surface area contributed by atoms with Gasteiger partial charge in [-0.1, -0.05) is 0 Å². The van der Waals surface area contributed by atoms with Crippen molar-refractivity contribution in [2.24, 2.45) is 0 Å². The van der Waals surface area contributed by atoms with Crippen LogP contribution in [0.3, 0.4) is 0 Å². The Morgan fingerprint density at radius 3 is 3.13 bits per heavy atom. The Hall–Kier alpha value is -2.47. The molecule has 0 aliphatic carbocycles. The Balaban J connectivity index is 1.70. The van der Waals surface area contributed by atoms with Gasteiger partial charge in [0.25, 0.3) is 0 Å². The van der Waals surface area contributed by atoms with Gasteiger partial charge in [-0.25, -0.2) is 15.0 Å². The highest BCUT2D eigenvalue weighted by molar-refractivity contribution is 5.80. The third-order valence-electron chi connectivity index (χ3n) is 4.29. The predicted molar refractivity (Wildman–Crippen MR) is 91.4 cm³/mol. The molecule has 0 aromatic carbocycles. The van der Waals surface area contributed by atoms with E-state index in [1.807, 2.05) is 31.5 Å². The Kier molecular flexibility index (Phi) is 3.67. The van der Waals surface area contributed by atoms with Gasteiger partial charge in [0, 0.05) is 30.5 Å². The molecular weight excluding hydrogens is 288 g/mol. The predicted octanol–water partition coefficient (Wildman–Crippen LogP) is 2.49. The summed E-state index contributed by atoms with van der Waals surface area (Å²) in [4.78, 5) is 16.9. The molecule has 6 nitrogen and oxygen atoms in total. The molecule has 1 unspecified atom stereocenters. The average Bonchev–Trinajstić information content (AvgIpc) is 2.97. The van der Waals surface area contributed by atoms with Crippen molar-refractivity contribution < 1.29 is 0 Å². The number of hydrogen-bond donors (Lipinski definition) is 3. The van der Waals surface area contributed by atoms with E-state index in [0.717, 1.165) is 53.3 Å². The van der Waals surface area contributed by atoms with Crippen molar-refractivity contribution in [2.45, 2.75) is 25.8 Å². The molecule has 1 aliphatic heterocycles. The number of rotatable bonds is 3. The van der Waals surface area contributed by atoms with E-state index in [2.05, 4.69) is 25.6 Å². The normalized spacial score (nSPS) is 18.2. The molecule has 0 spiro atoms. The summed E-state index contributed by atoms with van der Waals surface area (Å²) in [6.07, 6.45) is 7.90. The van der Waals surface area contributed by atoms with E-state index in [1.165, 1.54) is 6.42 Å². The summed E-state index contributed by atoms with van der Waals surface area (Å²) in [6, 6.07) is 4.39. The van der Waals surface area contributed by atoms with E-state index in [4.69, 9.17) is 4.98 Å². The molecule has 1 atom stereocenters. The Labute approximate surface area is 134 Å². The molecule has 0 radical (unpaired) electrons. The molecule has 6 heteroatoms. The van der Waals surface area contributed by atoms with Gasteiger partial charge in [-0.05, 0) is 44.0 Å². The van der Waals surface area contributed by atoms with Crippen LogP contribution in [0.25, 0.3) is 22.4 Å². The van der Waals surface area contributed by atoms with Gasteiger partial charge in [0.15, 0.2) is 5.65 Å². The van der Waals surface area contributed by atoms with E-state index < -0.39 is 0 Å². The maximum absolute atomic E-state index is 4.77. The van der Waals surface area contributed by atoms with Crippen LogP contribution in [0.2, 0.25) is 0 Å². The Bertz CT molecular complexity index is 819. The van der Waals surface area contributed by atoms with Gasteiger partial charge in [0.2, 0.25) is 0 Å². The molecular formula is C17H20N6. The minimum absolute atomic E-state index is 0.406. The van der Waals surface area contributed by atoms with Gasteiger partial charge < -0.3 is 15.6 Å². The van der Waals surface area contributed by atoms with E-state index in [0.29, 0.717) is 6.04 Å². The van der Waals surface area contributed by atoms with Crippen LogP contribution in [0.1, 0.15) is 18.4 Å². The van der Waals surface area contributed by atoms with Crippen molar-refractivity contribution in [1.82, 2.24) is 25.3 Å². The number of nitrogens with zero attached hydrogens (tertiary/aromatic N) is 3. The molecule has 4 rings (SSSR count). The summed E-state index contributed by atoms with van der Waals surface area (Å²) in [5.74, 6) is 0.878. The van der Waals surface area contributed by atoms with Crippen LogP contribution in [0.4, 0.5) is 5.82 Å². The van der Waals surface area contributed by atoms with Gasteiger partial charge in [-0.15, -0.1) is 0 Å². The molecule has 1 aliphatic rings. The fourth-order valence-corrected chi connectivity index (χ4v) is 3.04. The minimum atomic E-state index is 0.406. The third kappa shape index (κ3) is 2.77. The number of hydrogen-bond acceptors (Lipinski definition) is 5. The quantitative estimate of drug-likeness (QED) is 0.693. The number of nitrogens with one attached hydrogen (secondary N) is 3. The highest BCUT2D eigenvalue weighted by atomic mass is 15.1. The number of H-pyrrole nitrogens is 1. The first-order valence-electron chi connectivity index (χ1n) is 8.04. The second-order valence-corrected chi connectivity index (χ2v) is 6.01. The summed E-state index contributed by atoms with van der Waals surface area (Å²) in [7, 11) is 0. The van der Waals surface area contributed by atoms with Gasteiger partial charge in [-0.3, -0.25) is 0 Å². The van der Waals surface area contributed by atoms with Gasteiger partial charge in [0.05, 0.1) is 11.9 Å². The van der Waals surface area contributed by atoms with Crippen molar-refractivity contribution >= 4 is 17.0 Å². The Morgan fingerprint density at radius 1 is 1.30 bits per heavy atom. The topological polar surface area (TPSA) is 78.5 Å². The fraction of sp³-hybridized carbons (Fsp3) is 0.353. The molecule has 3 N–H and O–H groups in total. The number of aromatic amines is 1. The standard InChI is InChI=1S/C17H20N6/c1-11-8-20-17-15(11)23-14(10-21-17)13-5-3-7-19-16(13)22-12-4-2-6-18-9-12/h3,5,7-8,10,12,18H,2,4,6,9H2,1H3,(H,19,22)(H,20,21). The zero-order valence-electron chi connectivity index (χ0n) is 13.1. The summed E-state index contributed by atoms with van der Waals surface area (Å²) in [5, 5.41) is 6.98. The number of anilines is 1. The van der Waals surface area contributed by atoms with Crippen LogP contribution >= 0.6 is 0 Å². The average molecular weight is 308 g/mol. The number of fused-ring (bicyclic) bond motifs is 1. The zero-order chi connectivity index (χ0) is 15.6. The van der Waals surface area contributed by atoms with Crippen LogP contribution < -0.4 is 10.6 Å². The monoisotopic (exact) mass is 308 g/mol. The summed E-state index contributed by atoms with van der Waals surface area (Å²) in [6.45, 7) is 4.10. The van der Waals surface area contributed by atoms with Crippen molar-refractivity contribution in [2.75, 3.05) is 18.4 Å². The maximum atomic E-state index is 4.77. The fourth-order valence-electron chi connectivity index (χ4n) is 3.04. The molecule has 23 heavy (non-hydrogen) atoms. The summed E-state index contributed by atoms with van der Waals surface area (Å²) in [5.41, 5.74) is 4.68. The molecule has 1 saturated heterocycles. The van der Waals surface area contributed by atoms with E-state index >= 15 is 0 Å². The van der Waals surface area contributed by atoms with E-state index in [9.17, 15) is 0 Å². The first-order chi connectivity index (χ1) is 11.3. The lowest BCUT2D eigenvalue weighted by Gasteiger charge is -2.25. The lowest BCUT2D eigenvalue weighted by molar-refractivity contribution is 0.479. The number of aryl methyl sites for hydroxylation is 1. The molecule has 0 amide bonds. The number of piperidine rings is 1. The Morgan fingerprint density at radius 2 is 2.26 bits per heavy atom. The van der Waals surface area contributed by atoms with Crippen LogP contribution in [0.15, 0.2) is 30.7 Å². The maximum Gasteiger partial charge on any atom is 0.156 e. The zero-order valence-corrected chi connectivity index (χ0v) is 13.1. The second kappa shape index (κ2) is 5.96. The largest absolute Gasteiger partial charge is 0.366 e.